The molecular weight excluding hydrogens is 393 g/mol. The highest BCUT2D eigenvalue weighted by atomic mass is 35.5. The number of guanidine groups is 1. The van der Waals surface area contributed by atoms with Crippen LogP contribution in [0.25, 0.3) is 11.0 Å². The zero-order valence-corrected chi connectivity index (χ0v) is 16.0. The van der Waals surface area contributed by atoms with Crippen LogP contribution < -0.4 is 16.8 Å². The summed E-state index contributed by atoms with van der Waals surface area (Å²) >= 11 is 0. The highest BCUT2D eigenvalue weighted by Crippen LogP contribution is 2.21. The maximum absolute atomic E-state index is 12.4. The van der Waals surface area contributed by atoms with E-state index in [9.17, 15) is 4.79 Å². The number of aromatic amines is 1. The zero-order chi connectivity index (χ0) is 17.1. The van der Waals surface area contributed by atoms with E-state index in [-0.39, 0.29) is 48.2 Å². The van der Waals surface area contributed by atoms with Crippen molar-refractivity contribution in [3.05, 3.63) is 53.9 Å². The molecule has 3 rings (SSSR count). The molecule has 0 unspecified atom stereocenters. The predicted octanol–water partition coefficient (Wildman–Crippen LogP) is 1.56. The van der Waals surface area contributed by atoms with Gasteiger partial charge in [0, 0.05) is 11.8 Å². The van der Waals surface area contributed by atoms with Crippen LogP contribution in [0.4, 0.5) is 5.69 Å². The molecule has 0 aliphatic heterocycles. The Kier molecular flexibility index (Phi) is 9.21. The Balaban J connectivity index is 0.00000225. The molecule has 0 saturated carbocycles. The highest BCUT2D eigenvalue weighted by molar-refractivity contribution is 6.08. The molecule has 2 heterocycles. The average molecular weight is 414 g/mol. The largest absolute Gasteiger partial charge is 0.412 e. The van der Waals surface area contributed by atoms with Crippen LogP contribution in [0.5, 0.6) is 0 Å². The number of benzene rings is 1. The summed E-state index contributed by atoms with van der Waals surface area (Å²) in [5.74, 6) is -0.184. The van der Waals surface area contributed by atoms with Gasteiger partial charge in [-0.1, -0.05) is 12.1 Å². The first-order valence-corrected chi connectivity index (χ1v) is 7.32. The molecule has 9 nitrogen and oxygen atoms in total. The number of pyridine rings is 1. The molecule has 27 heavy (non-hydrogen) atoms. The van der Waals surface area contributed by atoms with E-state index in [1.165, 1.54) is 0 Å². The van der Waals surface area contributed by atoms with E-state index >= 15 is 0 Å². The molecule has 2 aromatic heterocycles. The van der Waals surface area contributed by atoms with Crippen LogP contribution in [0.1, 0.15) is 28.9 Å². The standard InChI is InChI=1S/C16H17N7O.2ClH.H2O/c1-9(21-16(17)18)10-2-4-11(5-3-10)15(24)22-13-6-7-19-14-12(13)8-20-23-14;;;/h2-9H,1H3,(H4,17,18,21)(H2,19,20,22,23,24);2*1H;1H2/t9-;;;/m1.../s1. The third kappa shape index (κ3) is 5.55. The normalized spacial score (nSPS) is 10.6. The number of nitrogens with one attached hydrogen (secondary N) is 2. The first-order chi connectivity index (χ1) is 11.5. The minimum Gasteiger partial charge on any atom is -0.412 e. The molecule has 0 fully saturated rings. The van der Waals surface area contributed by atoms with Crippen molar-refractivity contribution in [1.29, 1.82) is 0 Å². The molecule has 1 amide bonds. The molecule has 3 aromatic rings. The summed E-state index contributed by atoms with van der Waals surface area (Å²) < 4.78 is 0. The van der Waals surface area contributed by atoms with E-state index in [0.717, 1.165) is 10.9 Å². The third-order valence-corrected chi connectivity index (χ3v) is 3.60. The third-order valence-electron chi connectivity index (χ3n) is 3.60. The second-order valence-electron chi connectivity index (χ2n) is 5.30. The number of hydrogen-bond acceptors (Lipinski definition) is 4. The Labute approximate surface area is 167 Å². The van der Waals surface area contributed by atoms with Gasteiger partial charge in [-0.05, 0) is 30.7 Å². The van der Waals surface area contributed by atoms with Gasteiger partial charge >= 0.3 is 0 Å². The molecule has 0 aliphatic rings. The maximum Gasteiger partial charge on any atom is 0.255 e. The van der Waals surface area contributed by atoms with Gasteiger partial charge in [-0.2, -0.15) is 5.10 Å². The van der Waals surface area contributed by atoms with Crippen molar-refractivity contribution in [3.63, 3.8) is 0 Å². The summed E-state index contributed by atoms with van der Waals surface area (Å²) in [4.78, 5) is 20.6. The SMILES string of the molecule is C[C@@H](N=C(N)N)c1ccc(C(=O)Nc2ccnc3[nH]ncc23)cc1.Cl.Cl.O. The van der Waals surface area contributed by atoms with Crippen LogP contribution in [-0.4, -0.2) is 32.5 Å². The van der Waals surface area contributed by atoms with E-state index in [4.69, 9.17) is 11.5 Å². The Morgan fingerprint density at radius 3 is 2.48 bits per heavy atom. The number of aromatic nitrogens is 3. The van der Waals surface area contributed by atoms with E-state index in [2.05, 4.69) is 25.5 Å². The fourth-order valence-corrected chi connectivity index (χ4v) is 2.37. The van der Waals surface area contributed by atoms with Crippen LogP contribution >= 0.6 is 24.8 Å². The first kappa shape index (κ1) is 24.1. The molecule has 11 heteroatoms. The number of carbonyl (C=O) groups excluding carboxylic acids is 1. The van der Waals surface area contributed by atoms with Crippen molar-refractivity contribution in [1.82, 2.24) is 15.2 Å². The quantitative estimate of drug-likeness (QED) is 0.375. The number of carbonyl (C=O) groups is 1. The fraction of sp³-hybridized carbons (Fsp3) is 0.125. The Hall–Kier alpha value is -2.88. The lowest BCUT2D eigenvalue weighted by Crippen LogP contribution is -2.23. The fourth-order valence-electron chi connectivity index (χ4n) is 2.37. The Bertz CT molecular complexity index is 909. The highest BCUT2D eigenvalue weighted by Gasteiger charge is 2.11. The number of H-pyrrole nitrogens is 1. The summed E-state index contributed by atoms with van der Waals surface area (Å²) in [6, 6.07) is 8.68. The monoisotopic (exact) mass is 413 g/mol. The number of hydrogen-bond donors (Lipinski definition) is 4. The molecule has 0 spiro atoms. The number of rotatable bonds is 4. The lowest BCUT2D eigenvalue weighted by atomic mass is 10.1. The van der Waals surface area contributed by atoms with Crippen LogP contribution in [0.15, 0.2) is 47.7 Å². The molecule has 146 valence electrons. The number of nitrogens with zero attached hydrogens (tertiary/aromatic N) is 3. The minimum absolute atomic E-state index is 0. The van der Waals surface area contributed by atoms with Gasteiger partial charge in [0.1, 0.15) is 0 Å². The van der Waals surface area contributed by atoms with E-state index in [1.54, 1.807) is 30.6 Å². The van der Waals surface area contributed by atoms with Crippen LogP contribution in [0.2, 0.25) is 0 Å². The predicted molar refractivity (Wildman–Crippen MR) is 111 cm³/mol. The number of aliphatic imine (C=N–C) groups is 1. The topological polar surface area (TPSA) is 167 Å². The minimum atomic E-state index is -0.218. The van der Waals surface area contributed by atoms with Crippen LogP contribution in [-0.2, 0) is 0 Å². The van der Waals surface area contributed by atoms with Crippen molar-refractivity contribution >= 4 is 53.4 Å². The smallest absolute Gasteiger partial charge is 0.255 e. The van der Waals surface area contributed by atoms with E-state index in [1.807, 2.05) is 19.1 Å². The van der Waals surface area contributed by atoms with Crippen molar-refractivity contribution in [2.75, 3.05) is 5.32 Å². The van der Waals surface area contributed by atoms with Crippen molar-refractivity contribution in [3.8, 4) is 0 Å². The lowest BCUT2D eigenvalue weighted by Gasteiger charge is -2.09. The van der Waals surface area contributed by atoms with Crippen LogP contribution in [0, 0.1) is 0 Å². The van der Waals surface area contributed by atoms with Crippen molar-refractivity contribution < 1.29 is 10.3 Å². The summed E-state index contributed by atoms with van der Waals surface area (Å²) in [5, 5.41) is 10.3. The second-order valence-corrected chi connectivity index (χ2v) is 5.30. The number of nitrogens with two attached hydrogens (primary N) is 2. The lowest BCUT2D eigenvalue weighted by molar-refractivity contribution is 0.102. The molecule has 1 aromatic carbocycles. The average Bonchev–Trinajstić information content (AvgIpc) is 3.04. The molecule has 1 atom stereocenters. The summed E-state index contributed by atoms with van der Waals surface area (Å²) in [6.07, 6.45) is 3.23. The van der Waals surface area contributed by atoms with Crippen molar-refractivity contribution in [2.24, 2.45) is 16.5 Å². The van der Waals surface area contributed by atoms with Gasteiger partial charge in [-0.25, -0.2) is 9.98 Å². The summed E-state index contributed by atoms with van der Waals surface area (Å²) in [5.41, 5.74) is 13.5. The van der Waals surface area contributed by atoms with Gasteiger partial charge in [0.15, 0.2) is 11.6 Å². The van der Waals surface area contributed by atoms with E-state index in [0.29, 0.717) is 16.9 Å². The number of halogens is 2. The molecular formula is C16H21Cl2N7O2. The zero-order valence-electron chi connectivity index (χ0n) is 14.3. The van der Waals surface area contributed by atoms with Gasteiger partial charge < -0.3 is 22.3 Å². The Morgan fingerprint density at radius 1 is 1.19 bits per heavy atom. The van der Waals surface area contributed by atoms with Gasteiger partial charge in [0.05, 0.1) is 23.3 Å². The van der Waals surface area contributed by atoms with E-state index < -0.39 is 0 Å². The molecule has 0 aliphatic carbocycles. The second kappa shape index (κ2) is 10.3. The summed E-state index contributed by atoms with van der Waals surface area (Å²) in [6.45, 7) is 1.88. The summed E-state index contributed by atoms with van der Waals surface area (Å²) in [7, 11) is 0. The van der Waals surface area contributed by atoms with Gasteiger partial charge in [-0.15, -0.1) is 24.8 Å². The van der Waals surface area contributed by atoms with Gasteiger partial charge in [0.25, 0.3) is 5.91 Å². The number of amides is 1. The molecule has 0 bridgehead atoms. The van der Waals surface area contributed by atoms with Gasteiger partial charge in [0.2, 0.25) is 0 Å². The van der Waals surface area contributed by atoms with Crippen molar-refractivity contribution in [2.45, 2.75) is 13.0 Å². The molecule has 8 N–H and O–H groups in total. The number of anilines is 1. The molecule has 0 saturated heterocycles. The Morgan fingerprint density at radius 2 is 1.85 bits per heavy atom. The molecule has 0 radical (unpaired) electrons. The van der Waals surface area contributed by atoms with Crippen LogP contribution in [0.3, 0.4) is 0 Å². The maximum atomic E-state index is 12.4. The van der Waals surface area contributed by atoms with Gasteiger partial charge in [-0.3, -0.25) is 9.89 Å². The first-order valence-electron chi connectivity index (χ1n) is 7.32. The number of fused-ring (bicyclic) bond motifs is 1.